The lowest BCUT2D eigenvalue weighted by atomic mass is 10.0. The zero-order valence-electron chi connectivity index (χ0n) is 20.5. The van der Waals surface area contributed by atoms with Gasteiger partial charge in [-0.2, -0.15) is 0 Å². The van der Waals surface area contributed by atoms with Crippen molar-refractivity contribution in [3.63, 3.8) is 0 Å². The Morgan fingerprint density at radius 2 is 1.43 bits per heavy atom. The molecule has 4 aromatic rings. The summed E-state index contributed by atoms with van der Waals surface area (Å²) in [4.78, 5) is 26.3. The molecule has 1 amide bonds. The Morgan fingerprint density at radius 1 is 0.730 bits per heavy atom. The van der Waals surface area contributed by atoms with Gasteiger partial charge in [0.2, 0.25) is 0 Å². The lowest BCUT2D eigenvalue weighted by Gasteiger charge is -2.15. The molecule has 6 nitrogen and oxygen atoms in total. The predicted octanol–water partition coefficient (Wildman–Crippen LogP) is 6.55. The maximum Gasteiger partial charge on any atom is 0.262 e. The van der Waals surface area contributed by atoms with Crippen LogP contribution in [0.15, 0.2) is 89.8 Å². The highest BCUT2D eigenvalue weighted by Gasteiger charge is 2.22. The molecule has 0 unspecified atom stereocenters. The van der Waals surface area contributed by atoms with E-state index in [0.29, 0.717) is 21.8 Å². The molecule has 0 atom stereocenters. The van der Waals surface area contributed by atoms with Crippen molar-refractivity contribution in [3.8, 4) is 0 Å². The van der Waals surface area contributed by atoms with E-state index in [-0.39, 0.29) is 27.5 Å². The summed E-state index contributed by atoms with van der Waals surface area (Å²) in [7, 11) is -3.97. The van der Waals surface area contributed by atoms with Gasteiger partial charge in [0.25, 0.3) is 15.9 Å². The van der Waals surface area contributed by atoms with Crippen LogP contribution in [-0.4, -0.2) is 20.1 Å². The highest BCUT2D eigenvalue weighted by molar-refractivity contribution is 7.92. The summed E-state index contributed by atoms with van der Waals surface area (Å²) >= 11 is 6.14. The van der Waals surface area contributed by atoms with Gasteiger partial charge in [0.05, 0.1) is 16.3 Å². The summed E-state index contributed by atoms with van der Waals surface area (Å²) in [6.07, 6.45) is 0. The summed E-state index contributed by atoms with van der Waals surface area (Å²) in [6, 6.07) is 23.1. The zero-order chi connectivity index (χ0) is 26.7. The highest BCUT2D eigenvalue weighted by atomic mass is 35.5. The first-order valence-electron chi connectivity index (χ1n) is 11.5. The van der Waals surface area contributed by atoms with Crippen LogP contribution in [0.2, 0.25) is 5.02 Å². The van der Waals surface area contributed by atoms with Crippen LogP contribution in [0.4, 0.5) is 11.4 Å². The normalized spacial score (nSPS) is 11.1. The Hall–Kier alpha value is -3.94. The number of sulfonamides is 1. The molecule has 0 bridgehead atoms. The second kappa shape index (κ2) is 10.6. The largest absolute Gasteiger partial charge is 0.321 e. The van der Waals surface area contributed by atoms with Crippen LogP contribution in [0, 0.1) is 20.8 Å². The van der Waals surface area contributed by atoms with Gasteiger partial charge in [-0.25, -0.2) is 8.42 Å². The summed E-state index contributed by atoms with van der Waals surface area (Å²) < 4.78 is 29.1. The molecule has 37 heavy (non-hydrogen) atoms. The number of aryl methyl sites for hydroxylation is 3. The zero-order valence-corrected chi connectivity index (χ0v) is 22.1. The van der Waals surface area contributed by atoms with E-state index >= 15 is 0 Å². The molecule has 0 saturated heterocycles. The first-order valence-corrected chi connectivity index (χ1v) is 13.3. The molecule has 4 aromatic carbocycles. The van der Waals surface area contributed by atoms with Crippen LogP contribution in [0.25, 0.3) is 0 Å². The van der Waals surface area contributed by atoms with Crippen molar-refractivity contribution >= 4 is 44.7 Å². The Labute approximate surface area is 221 Å². The molecule has 0 aliphatic rings. The number of amides is 1. The van der Waals surface area contributed by atoms with Crippen molar-refractivity contribution in [2.24, 2.45) is 0 Å². The summed E-state index contributed by atoms with van der Waals surface area (Å²) in [6.45, 7) is 5.41. The minimum Gasteiger partial charge on any atom is -0.321 e. The van der Waals surface area contributed by atoms with Crippen molar-refractivity contribution in [2.75, 3.05) is 10.0 Å². The van der Waals surface area contributed by atoms with Gasteiger partial charge in [0.1, 0.15) is 0 Å². The third-order valence-electron chi connectivity index (χ3n) is 5.88. The van der Waals surface area contributed by atoms with Gasteiger partial charge < -0.3 is 5.32 Å². The first-order chi connectivity index (χ1) is 17.5. The van der Waals surface area contributed by atoms with E-state index in [1.54, 1.807) is 61.5 Å². The van der Waals surface area contributed by atoms with Gasteiger partial charge in [0.15, 0.2) is 5.78 Å². The first kappa shape index (κ1) is 26.1. The molecular weight excluding hydrogens is 508 g/mol. The van der Waals surface area contributed by atoms with Crippen molar-refractivity contribution < 1.29 is 18.0 Å². The molecule has 0 fully saturated rings. The number of hydrogen-bond acceptors (Lipinski definition) is 4. The minimum atomic E-state index is -3.97. The average molecular weight is 533 g/mol. The van der Waals surface area contributed by atoms with Gasteiger partial charge in [-0.05, 0) is 68.3 Å². The summed E-state index contributed by atoms with van der Waals surface area (Å²) in [5.41, 5.74) is 3.81. The van der Waals surface area contributed by atoms with E-state index < -0.39 is 15.9 Å². The van der Waals surface area contributed by atoms with E-state index in [1.165, 1.54) is 18.2 Å². The van der Waals surface area contributed by atoms with Crippen molar-refractivity contribution in [1.82, 2.24) is 0 Å². The number of benzene rings is 4. The van der Waals surface area contributed by atoms with Gasteiger partial charge >= 0.3 is 0 Å². The van der Waals surface area contributed by atoms with E-state index in [9.17, 15) is 18.0 Å². The van der Waals surface area contributed by atoms with E-state index in [0.717, 1.165) is 11.1 Å². The smallest absolute Gasteiger partial charge is 0.262 e. The lowest BCUT2D eigenvalue weighted by molar-refractivity contribution is 0.102. The molecule has 0 heterocycles. The molecule has 0 aliphatic heterocycles. The fourth-order valence-electron chi connectivity index (χ4n) is 3.91. The maximum absolute atomic E-state index is 13.2. The molecule has 8 heteroatoms. The number of halogens is 1. The van der Waals surface area contributed by atoms with Gasteiger partial charge in [-0.1, -0.05) is 65.7 Å². The predicted molar refractivity (Wildman–Crippen MR) is 147 cm³/mol. The van der Waals surface area contributed by atoms with E-state index in [4.69, 9.17) is 11.6 Å². The monoisotopic (exact) mass is 532 g/mol. The number of hydrogen-bond donors (Lipinski definition) is 2. The van der Waals surface area contributed by atoms with Crippen molar-refractivity contribution in [3.05, 3.63) is 123 Å². The fourth-order valence-corrected chi connectivity index (χ4v) is 5.49. The van der Waals surface area contributed by atoms with Crippen LogP contribution < -0.4 is 10.0 Å². The fraction of sp³-hybridized carbons (Fsp3) is 0.103. The molecular formula is C29H25ClN2O4S. The van der Waals surface area contributed by atoms with Crippen LogP contribution in [-0.2, 0) is 10.0 Å². The highest BCUT2D eigenvalue weighted by Crippen LogP contribution is 2.26. The third kappa shape index (κ3) is 5.90. The number of ketones is 1. The minimum absolute atomic E-state index is 0.0168. The molecule has 0 radical (unpaired) electrons. The standard InChI is InChI=1S/C29H25ClN2O4S/c1-18-9-13-25(20(3)15-18)32-37(35,36)27-16-22(11-10-19(27)2)29(34)31-26-14-12-23(30)17-24(26)28(33)21-7-5-4-6-8-21/h4-17,32H,1-3H3,(H,31,34). The summed E-state index contributed by atoms with van der Waals surface area (Å²) in [5.74, 6) is -0.865. The van der Waals surface area contributed by atoms with Gasteiger partial charge in [-0.15, -0.1) is 0 Å². The third-order valence-corrected chi connectivity index (χ3v) is 7.62. The van der Waals surface area contributed by atoms with Crippen LogP contribution in [0.5, 0.6) is 0 Å². The Kier molecular flexibility index (Phi) is 7.47. The molecule has 4 rings (SSSR count). The van der Waals surface area contributed by atoms with Crippen LogP contribution in [0.1, 0.15) is 43.0 Å². The van der Waals surface area contributed by atoms with Crippen molar-refractivity contribution in [1.29, 1.82) is 0 Å². The molecule has 0 aliphatic carbocycles. The Balaban J connectivity index is 1.64. The van der Waals surface area contributed by atoms with E-state index in [2.05, 4.69) is 10.0 Å². The number of anilines is 2. The Morgan fingerprint density at radius 3 is 2.14 bits per heavy atom. The van der Waals surface area contributed by atoms with Crippen LogP contribution in [0.3, 0.4) is 0 Å². The number of carbonyl (C=O) groups is 2. The van der Waals surface area contributed by atoms with Crippen LogP contribution >= 0.6 is 11.6 Å². The number of nitrogens with one attached hydrogen (secondary N) is 2. The van der Waals surface area contributed by atoms with Gasteiger partial charge in [0, 0.05) is 21.7 Å². The second-order valence-corrected chi connectivity index (χ2v) is 10.8. The average Bonchev–Trinajstić information content (AvgIpc) is 2.87. The quantitative estimate of drug-likeness (QED) is 0.264. The molecule has 2 N–H and O–H groups in total. The molecule has 0 spiro atoms. The SMILES string of the molecule is Cc1ccc(NS(=O)(=O)c2cc(C(=O)Nc3ccc(Cl)cc3C(=O)c3ccccc3)ccc2C)c(C)c1. The molecule has 188 valence electrons. The lowest BCUT2D eigenvalue weighted by Crippen LogP contribution is -2.18. The number of rotatable bonds is 7. The topological polar surface area (TPSA) is 92.3 Å². The number of carbonyl (C=O) groups excluding carboxylic acids is 2. The van der Waals surface area contributed by atoms with Gasteiger partial charge in [-0.3, -0.25) is 14.3 Å². The van der Waals surface area contributed by atoms with E-state index in [1.807, 2.05) is 26.0 Å². The molecule has 0 aromatic heterocycles. The second-order valence-electron chi connectivity index (χ2n) is 8.74. The molecule has 0 saturated carbocycles. The maximum atomic E-state index is 13.2. The Bertz CT molecular complexity index is 1620. The van der Waals surface area contributed by atoms with Crippen molar-refractivity contribution in [2.45, 2.75) is 25.7 Å². The summed E-state index contributed by atoms with van der Waals surface area (Å²) in [5, 5.41) is 3.08.